The lowest BCUT2D eigenvalue weighted by atomic mass is 10.2. The van der Waals surface area contributed by atoms with Crippen LogP contribution in [0.3, 0.4) is 0 Å². The summed E-state index contributed by atoms with van der Waals surface area (Å²) in [7, 11) is 0. The second kappa shape index (κ2) is 8.51. The Morgan fingerprint density at radius 1 is 0.968 bits per heavy atom. The second-order valence-corrected chi connectivity index (χ2v) is 7.75. The summed E-state index contributed by atoms with van der Waals surface area (Å²) in [6.45, 7) is 4.44. The summed E-state index contributed by atoms with van der Waals surface area (Å²) in [6, 6.07) is 12.9. The quantitative estimate of drug-likeness (QED) is 0.452. The van der Waals surface area contributed by atoms with Gasteiger partial charge in [-0.3, -0.25) is 18.5 Å². The lowest BCUT2D eigenvalue weighted by Gasteiger charge is -2.13. The molecule has 160 valence electrons. The van der Waals surface area contributed by atoms with E-state index >= 15 is 0 Å². The highest BCUT2D eigenvalue weighted by atomic mass is 35.5. The first-order valence-corrected chi connectivity index (χ1v) is 10.6. The largest absolute Gasteiger partial charge is 0.333 e. The molecule has 2 aromatic heterocycles. The van der Waals surface area contributed by atoms with Crippen molar-refractivity contribution in [2.45, 2.75) is 39.8 Å². The summed E-state index contributed by atoms with van der Waals surface area (Å²) < 4.78 is 18.0. The first-order valence-electron chi connectivity index (χ1n) is 10.2. The van der Waals surface area contributed by atoms with Crippen LogP contribution >= 0.6 is 11.6 Å². The number of hydrogen-bond acceptors (Lipinski definition) is 3. The Morgan fingerprint density at radius 3 is 2.26 bits per heavy atom. The molecule has 8 heteroatoms. The minimum absolute atomic E-state index is 0.116. The van der Waals surface area contributed by atoms with Gasteiger partial charge in [0.2, 0.25) is 0 Å². The van der Waals surface area contributed by atoms with E-state index in [1.54, 1.807) is 45.5 Å². The number of nitrogens with zero attached hydrogens (tertiary/aromatic N) is 4. The van der Waals surface area contributed by atoms with Gasteiger partial charge in [-0.25, -0.2) is 14.2 Å². The van der Waals surface area contributed by atoms with Crippen molar-refractivity contribution in [3.05, 3.63) is 91.6 Å². The fourth-order valence-corrected chi connectivity index (χ4v) is 3.85. The fraction of sp³-hybridized carbons (Fsp3) is 0.261. The molecule has 0 spiro atoms. The minimum atomic E-state index is -0.432. The molecule has 0 aliphatic heterocycles. The Kier molecular flexibility index (Phi) is 5.78. The molecule has 0 atom stereocenters. The van der Waals surface area contributed by atoms with E-state index < -0.39 is 11.2 Å². The summed E-state index contributed by atoms with van der Waals surface area (Å²) in [5, 5.41) is 0.580. The Balaban J connectivity index is 2.04. The summed E-state index contributed by atoms with van der Waals surface area (Å²) in [4.78, 5) is 31.4. The summed E-state index contributed by atoms with van der Waals surface area (Å²) >= 11 is 5.97. The zero-order chi connectivity index (χ0) is 22.1. The molecule has 0 unspecified atom stereocenters. The molecule has 0 saturated carbocycles. The van der Waals surface area contributed by atoms with Crippen molar-refractivity contribution in [1.29, 1.82) is 0 Å². The van der Waals surface area contributed by atoms with Crippen molar-refractivity contribution in [2.24, 2.45) is 0 Å². The Morgan fingerprint density at radius 2 is 1.65 bits per heavy atom. The number of imidazole rings is 1. The van der Waals surface area contributed by atoms with Crippen molar-refractivity contribution >= 4 is 22.8 Å². The average molecular weight is 441 g/mol. The van der Waals surface area contributed by atoms with Gasteiger partial charge >= 0.3 is 5.69 Å². The smallest absolute Gasteiger partial charge is 0.290 e. The van der Waals surface area contributed by atoms with Gasteiger partial charge in [0, 0.05) is 23.7 Å². The molecule has 0 amide bonds. The van der Waals surface area contributed by atoms with Crippen LogP contribution < -0.4 is 11.2 Å². The topological polar surface area (TPSA) is 61.8 Å². The molecule has 0 N–H and O–H groups in total. The molecular weight excluding hydrogens is 419 g/mol. The molecule has 31 heavy (non-hydrogen) atoms. The minimum Gasteiger partial charge on any atom is -0.290 e. The zero-order valence-corrected chi connectivity index (χ0v) is 18.1. The highest BCUT2D eigenvalue weighted by molar-refractivity contribution is 6.30. The molecule has 0 aliphatic rings. The molecule has 0 bridgehead atoms. The second-order valence-electron chi connectivity index (χ2n) is 7.32. The van der Waals surface area contributed by atoms with Gasteiger partial charge in [-0.2, -0.15) is 0 Å². The number of halogens is 2. The molecule has 0 aliphatic carbocycles. The Bertz CT molecular complexity index is 1350. The van der Waals surface area contributed by atoms with Crippen molar-refractivity contribution in [3.63, 3.8) is 0 Å². The maximum Gasteiger partial charge on any atom is 0.333 e. The molecule has 0 fully saturated rings. The van der Waals surface area contributed by atoms with Crippen LogP contribution in [-0.2, 0) is 19.5 Å². The van der Waals surface area contributed by atoms with Crippen molar-refractivity contribution < 1.29 is 4.39 Å². The van der Waals surface area contributed by atoms with Gasteiger partial charge in [-0.1, -0.05) is 37.6 Å². The maximum absolute atomic E-state index is 13.6. The van der Waals surface area contributed by atoms with Crippen LogP contribution in [0.2, 0.25) is 5.02 Å². The molecule has 0 saturated heterocycles. The fourth-order valence-electron chi connectivity index (χ4n) is 3.73. The monoisotopic (exact) mass is 440 g/mol. The first-order chi connectivity index (χ1) is 14.9. The van der Waals surface area contributed by atoms with Crippen LogP contribution in [-0.4, -0.2) is 18.7 Å². The van der Waals surface area contributed by atoms with E-state index in [9.17, 15) is 14.0 Å². The van der Waals surface area contributed by atoms with E-state index in [-0.39, 0.29) is 12.4 Å². The number of rotatable bonds is 6. The molecule has 2 aromatic carbocycles. The van der Waals surface area contributed by atoms with Gasteiger partial charge in [0.25, 0.3) is 5.56 Å². The molecule has 4 aromatic rings. The van der Waals surface area contributed by atoms with Crippen LogP contribution in [0.5, 0.6) is 0 Å². The third kappa shape index (κ3) is 3.81. The summed E-state index contributed by atoms with van der Waals surface area (Å²) in [6.07, 6.45) is 1.25. The Hall–Kier alpha value is -3.19. The number of hydrogen-bond donors (Lipinski definition) is 0. The third-order valence-corrected chi connectivity index (χ3v) is 5.45. The summed E-state index contributed by atoms with van der Waals surface area (Å²) in [5.74, 6) is 0.265. The predicted molar refractivity (Wildman–Crippen MR) is 120 cm³/mol. The highest BCUT2D eigenvalue weighted by Crippen LogP contribution is 2.20. The highest BCUT2D eigenvalue weighted by Gasteiger charge is 2.22. The van der Waals surface area contributed by atoms with E-state index in [2.05, 4.69) is 4.98 Å². The van der Waals surface area contributed by atoms with Crippen LogP contribution in [0.25, 0.3) is 16.9 Å². The van der Waals surface area contributed by atoms with E-state index in [0.717, 1.165) is 5.56 Å². The van der Waals surface area contributed by atoms with E-state index in [1.165, 1.54) is 16.7 Å². The van der Waals surface area contributed by atoms with Crippen molar-refractivity contribution in [2.75, 3.05) is 0 Å². The molecule has 4 rings (SSSR count). The van der Waals surface area contributed by atoms with Crippen LogP contribution in [0.4, 0.5) is 4.39 Å². The van der Waals surface area contributed by atoms with Crippen LogP contribution in [0.1, 0.15) is 31.7 Å². The molecule has 2 heterocycles. The summed E-state index contributed by atoms with van der Waals surface area (Å²) in [5.41, 5.74) is 1.24. The number of benzene rings is 2. The normalized spacial score (nSPS) is 11.4. The van der Waals surface area contributed by atoms with Gasteiger partial charge < -0.3 is 0 Å². The number of aromatic nitrogens is 4. The van der Waals surface area contributed by atoms with Crippen LogP contribution in [0, 0.1) is 5.82 Å². The van der Waals surface area contributed by atoms with Crippen LogP contribution in [0.15, 0.2) is 58.1 Å². The third-order valence-electron chi connectivity index (χ3n) is 5.20. The van der Waals surface area contributed by atoms with Gasteiger partial charge in [0.15, 0.2) is 11.2 Å². The maximum atomic E-state index is 13.6. The van der Waals surface area contributed by atoms with E-state index in [4.69, 9.17) is 11.6 Å². The van der Waals surface area contributed by atoms with Gasteiger partial charge in [-0.15, -0.1) is 0 Å². The van der Waals surface area contributed by atoms with E-state index in [1.807, 2.05) is 13.8 Å². The van der Waals surface area contributed by atoms with Gasteiger partial charge in [0.05, 0.1) is 6.54 Å². The molecule has 6 nitrogen and oxygen atoms in total. The lowest BCUT2D eigenvalue weighted by Crippen LogP contribution is -2.40. The zero-order valence-electron chi connectivity index (χ0n) is 17.3. The Labute approximate surface area is 183 Å². The van der Waals surface area contributed by atoms with E-state index in [0.29, 0.717) is 47.1 Å². The average Bonchev–Trinajstić information content (AvgIpc) is 3.16. The molecular formula is C23H22ClFN4O2. The number of fused-ring (bicyclic) bond motifs is 1. The first kappa shape index (κ1) is 21.1. The number of aryl methyl sites for hydroxylation is 2. The van der Waals surface area contributed by atoms with Gasteiger partial charge in [-0.05, 0) is 48.4 Å². The van der Waals surface area contributed by atoms with Crippen molar-refractivity contribution in [3.8, 4) is 5.69 Å². The standard InChI is InChI=1S/C23H22ClFN4O2/c1-3-13-27-21-20(29(19(4-2)26-21)18-11-9-17(25)10-12-18)22(30)28(23(27)31)14-15-5-7-16(24)8-6-15/h5-12H,3-4,13-14H2,1-2H3. The predicted octanol–water partition coefficient (Wildman–Crippen LogP) is 4.16. The van der Waals surface area contributed by atoms with Crippen molar-refractivity contribution in [1.82, 2.24) is 18.7 Å². The van der Waals surface area contributed by atoms with Gasteiger partial charge in [0.1, 0.15) is 11.6 Å². The molecule has 0 radical (unpaired) electrons. The lowest BCUT2D eigenvalue weighted by molar-refractivity contribution is 0.589. The SMILES string of the molecule is CCCn1c(=O)n(Cc2ccc(Cl)cc2)c(=O)c2c1nc(CC)n2-c1ccc(F)cc1.